The molecular formula is C16H17BrN4O3. The van der Waals surface area contributed by atoms with Crippen molar-refractivity contribution in [3.05, 3.63) is 34.4 Å². The second-order valence-electron chi connectivity index (χ2n) is 6.21. The third-order valence-corrected chi connectivity index (χ3v) is 4.67. The Hall–Kier alpha value is -1.96. The summed E-state index contributed by atoms with van der Waals surface area (Å²) >= 11 is 3.29. The molecule has 3 heterocycles. The molecule has 2 aromatic rings. The fourth-order valence-electron chi connectivity index (χ4n) is 2.84. The summed E-state index contributed by atoms with van der Waals surface area (Å²) < 4.78 is 11.9. The summed E-state index contributed by atoms with van der Waals surface area (Å²) in [7, 11) is 0. The van der Waals surface area contributed by atoms with Crippen molar-refractivity contribution in [2.24, 2.45) is 0 Å². The predicted octanol–water partition coefficient (Wildman–Crippen LogP) is 2.79. The van der Waals surface area contributed by atoms with E-state index >= 15 is 0 Å². The Bertz CT molecular complexity index is 729. The first-order valence-corrected chi connectivity index (χ1v) is 8.88. The van der Waals surface area contributed by atoms with Gasteiger partial charge in [0, 0.05) is 30.9 Å². The van der Waals surface area contributed by atoms with Crippen LogP contribution in [0.15, 0.2) is 27.5 Å². The molecule has 1 saturated carbocycles. The normalized spacial score (nSPS) is 20.9. The Morgan fingerprint density at radius 1 is 1.29 bits per heavy atom. The lowest BCUT2D eigenvalue weighted by atomic mass is 10.1. The molecule has 0 radical (unpaired) electrons. The van der Waals surface area contributed by atoms with Gasteiger partial charge in [-0.05, 0) is 41.6 Å². The molecule has 2 fully saturated rings. The van der Waals surface area contributed by atoms with Gasteiger partial charge in [-0.2, -0.15) is 0 Å². The summed E-state index contributed by atoms with van der Waals surface area (Å²) in [5.41, 5.74) is 0.387. The Kier molecular flexibility index (Phi) is 4.22. The number of hydrogen-bond donors (Lipinski definition) is 0. The van der Waals surface area contributed by atoms with E-state index in [1.807, 2.05) is 0 Å². The number of piperidine rings is 1. The average molecular weight is 393 g/mol. The van der Waals surface area contributed by atoms with E-state index in [9.17, 15) is 4.79 Å². The highest BCUT2D eigenvalue weighted by molar-refractivity contribution is 9.10. The number of likely N-dealkylation sites (tertiary alicyclic amines) is 1. The topological polar surface area (TPSA) is 81.4 Å². The van der Waals surface area contributed by atoms with Crippen LogP contribution in [0, 0.1) is 0 Å². The fourth-order valence-corrected chi connectivity index (χ4v) is 3.05. The van der Waals surface area contributed by atoms with Crippen molar-refractivity contribution >= 4 is 21.8 Å². The van der Waals surface area contributed by atoms with Crippen molar-refractivity contribution in [3.63, 3.8) is 0 Å². The molecule has 1 aliphatic carbocycles. The molecule has 0 bridgehead atoms. The van der Waals surface area contributed by atoms with Crippen LogP contribution < -0.4 is 4.74 Å². The Balaban J connectivity index is 1.39. The molecule has 1 aliphatic heterocycles. The Morgan fingerprint density at radius 2 is 2.08 bits per heavy atom. The number of amides is 1. The number of ether oxygens (including phenoxy) is 1. The molecule has 1 amide bonds. The third-order valence-electron chi connectivity index (χ3n) is 4.26. The molecule has 24 heavy (non-hydrogen) atoms. The van der Waals surface area contributed by atoms with E-state index in [0.29, 0.717) is 30.7 Å². The number of carbonyl (C=O) groups is 1. The molecule has 0 aromatic carbocycles. The molecule has 0 spiro atoms. The van der Waals surface area contributed by atoms with Gasteiger partial charge in [0.25, 0.3) is 5.91 Å². The second kappa shape index (κ2) is 6.51. The van der Waals surface area contributed by atoms with Crippen LogP contribution in [0.1, 0.15) is 47.8 Å². The quantitative estimate of drug-likeness (QED) is 0.795. The van der Waals surface area contributed by atoms with Crippen LogP contribution in [-0.2, 0) is 0 Å². The minimum Gasteiger partial charge on any atom is -0.458 e. The van der Waals surface area contributed by atoms with Crippen molar-refractivity contribution in [1.29, 1.82) is 0 Å². The first-order chi connectivity index (χ1) is 11.7. The van der Waals surface area contributed by atoms with Gasteiger partial charge < -0.3 is 14.2 Å². The molecular weight excluding hydrogens is 376 g/mol. The number of nitrogens with zero attached hydrogens (tertiary/aromatic N) is 4. The highest BCUT2D eigenvalue weighted by Crippen LogP contribution is 2.40. The van der Waals surface area contributed by atoms with Gasteiger partial charge in [-0.25, -0.2) is 9.97 Å². The lowest BCUT2D eigenvalue weighted by molar-refractivity contribution is 0.0507. The van der Waals surface area contributed by atoms with Crippen LogP contribution >= 0.6 is 15.9 Å². The smallest absolute Gasteiger partial charge is 0.316 e. The Morgan fingerprint density at radius 3 is 2.83 bits per heavy atom. The molecule has 0 N–H and O–H groups in total. The van der Waals surface area contributed by atoms with Crippen LogP contribution in [0.25, 0.3) is 0 Å². The van der Waals surface area contributed by atoms with Gasteiger partial charge in [0.15, 0.2) is 5.69 Å². The summed E-state index contributed by atoms with van der Waals surface area (Å²) in [5, 5.41) is 3.93. The molecule has 1 atom stereocenters. The summed E-state index contributed by atoms with van der Waals surface area (Å²) in [5.74, 6) is 1.17. The first kappa shape index (κ1) is 15.6. The van der Waals surface area contributed by atoms with E-state index in [0.717, 1.165) is 35.9 Å². The van der Waals surface area contributed by atoms with Crippen molar-refractivity contribution in [1.82, 2.24) is 20.0 Å². The van der Waals surface area contributed by atoms with Crippen molar-refractivity contribution < 1.29 is 14.1 Å². The number of hydrogen-bond acceptors (Lipinski definition) is 6. The largest absolute Gasteiger partial charge is 0.458 e. The van der Waals surface area contributed by atoms with Gasteiger partial charge in [0.05, 0.1) is 11.0 Å². The SMILES string of the molecule is O=C(c1cc(C2CC2)on1)N1CCCC(Oc2ncc(Br)cn2)C1. The predicted molar refractivity (Wildman–Crippen MR) is 87.8 cm³/mol. The number of carbonyl (C=O) groups excluding carboxylic acids is 1. The molecule has 1 unspecified atom stereocenters. The number of aromatic nitrogens is 3. The molecule has 126 valence electrons. The maximum atomic E-state index is 12.6. The van der Waals surface area contributed by atoms with Crippen LogP contribution in [0.2, 0.25) is 0 Å². The maximum absolute atomic E-state index is 12.6. The minimum atomic E-state index is -0.112. The zero-order valence-corrected chi connectivity index (χ0v) is 14.6. The second-order valence-corrected chi connectivity index (χ2v) is 7.12. The third kappa shape index (κ3) is 3.43. The monoisotopic (exact) mass is 392 g/mol. The molecule has 7 nitrogen and oxygen atoms in total. The highest BCUT2D eigenvalue weighted by Gasteiger charge is 2.31. The van der Waals surface area contributed by atoms with Crippen LogP contribution in [0.5, 0.6) is 6.01 Å². The zero-order chi connectivity index (χ0) is 16.5. The molecule has 2 aromatic heterocycles. The lowest BCUT2D eigenvalue weighted by Gasteiger charge is -2.31. The first-order valence-electron chi connectivity index (χ1n) is 8.09. The van der Waals surface area contributed by atoms with Gasteiger partial charge in [0.1, 0.15) is 11.9 Å². The number of halogens is 1. The molecule has 2 aliphatic rings. The van der Waals surface area contributed by atoms with Crippen LogP contribution in [0.4, 0.5) is 0 Å². The molecule has 8 heteroatoms. The Labute approximate surface area is 147 Å². The van der Waals surface area contributed by atoms with Gasteiger partial charge in [-0.15, -0.1) is 0 Å². The van der Waals surface area contributed by atoms with Crippen molar-refractivity contribution in [2.75, 3.05) is 13.1 Å². The van der Waals surface area contributed by atoms with E-state index in [1.165, 1.54) is 0 Å². The van der Waals surface area contributed by atoms with Crippen molar-refractivity contribution in [2.45, 2.75) is 37.7 Å². The standard InChI is InChI=1S/C16H17BrN4O3/c17-11-7-18-16(19-8-11)23-12-2-1-5-21(9-12)15(22)13-6-14(24-20-13)10-3-4-10/h6-8,10,12H,1-5,9H2. The van der Waals surface area contributed by atoms with E-state index in [2.05, 4.69) is 31.1 Å². The number of rotatable bonds is 4. The van der Waals surface area contributed by atoms with E-state index in [4.69, 9.17) is 9.26 Å². The van der Waals surface area contributed by atoms with Gasteiger partial charge in [0.2, 0.25) is 0 Å². The zero-order valence-electron chi connectivity index (χ0n) is 13.0. The van der Waals surface area contributed by atoms with Crippen LogP contribution in [-0.4, -0.2) is 45.1 Å². The van der Waals surface area contributed by atoms with Gasteiger partial charge in [-0.3, -0.25) is 4.79 Å². The van der Waals surface area contributed by atoms with Crippen molar-refractivity contribution in [3.8, 4) is 6.01 Å². The lowest BCUT2D eigenvalue weighted by Crippen LogP contribution is -2.44. The molecule has 1 saturated heterocycles. The van der Waals surface area contributed by atoms with E-state index < -0.39 is 0 Å². The summed E-state index contributed by atoms with van der Waals surface area (Å²) in [6.45, 7) is 1.20. The summed E-state index contributed by atoms with van der Waals surface area (Å²) in [6.07, 6.45) is 7.16. The van der Waals surface area contributed by atoms with Gasteiger partial charge >= 0.3 is 6.01 Å². The highest BCUT2D eigenvalue weighted by atomic mass is 79.9. The van der Waals surface area contributed by atoms with Gasteiger partial charge in [-0.1, -0.05) is 5.16 Å². The van der Waals surface area contributed by atoms with E-state index in [1.54, 1.807) is 23.4 Å². The van der Waals surface area contributed by atoms with E-state index in [-0.39, 0.29) is 12.0 Å². The van der Waals surface area contributed by atoms with Crippen LogP contribution in [0.3, 0.4) is 0 Å². The minimum absolute atomic E-state index is 0.101. The average Bonchev–Trinajstić information content (AvgIpc) is 3.34. The fraction of sp³-hybridized carbons (Fsp3) is 0.500. The molecule has 4 rings (SSSR count). The summed E-state index contributed by atoms with van der Waals surface area (Å²) in [4.78, 5) is 22.6. The summed E-state index contributed by atoms with van der Waals surface area (Å²) in [6, 6.07) is 2.11. The maximum Gasteiger partial charge on any atom is 0.316 e.